The van der Waals surface area contributed by atoms with E-state index >= 15 is 0 Å². The van der Waals surface area contributed by atoms with Crippen molar-refractivity contribution in [1.82, 2.24) is 5.43 Å². The first kappa shape index (κ1) is 20.0. The van der Waals surface area contributed by atoms with E-state index in [2.05, 4.69) is 16.6 Å². The quantitative estimate of drug-likeness (QED) is 0.214. The van der Waals surface area contributed by atoms with Crippen LogP contribution in [0.1, 0.15) is 11.1 Å². The Hall–Kier alpha value is -4.26. The molecule has 7 heteroatoms. The molecule has 0 aliphatic rings. The molecule has 154 valence electrons. The van der Waals surface area contributed by atoms with Crippen molar-refractivity contribution < 1.29 is 14.5 Å². The molecule has 0 saturated carbocycles. The van der Waals surface area contributed by atoms with Crippen LogP contribution in [0.2, 0.25) is 0 Å². The van der Waals surface area contributed by atoms with Crippen LogP contribution in [0.15, 0.2) is 77.9 Å². The molecule has 0 fully saturated rings. The number of rotatable bonds is 6. The second-order valence-electron chi connectivity index (χ2n) is 7.04. The molecule has 1 N–H and O–H groups in total. The Balaban J connectivity index is 1.51. The van der Waals surface area contributed by atoms with E-state index in [9.17, 15) is 14.9 Å². The number of benzene rings is 4. The van der Waals surface area contributed by atoms with Crippen molar-refractivity contribution in [1.29, 1.82) is 0 Å². The van der Waals surface area contributed by atoms with Crippen LogP contribution < -0.4 is 10.2 Å². The third-order valence-corrected chi connectivity index (χ3v) is 4.87. The van der Waals surface area contributed by atoms with Gasteiger partial charge in [0.1, 0.15) is 0 Å². The summed E-state index contributed by atoms with van der Waals surface area (Å²) < 4.78 is 5.33. The summed E-state index contributed by atoms with van der Waals surface area (Å²) in [4.78, 5) is 22.8. The lowest BCUT2D eigenvalue weighted by molar-refractivity contribution is -0.385. The fourth-order valence-electron chi connectivity index (χ4n) is 3.42. The number of nitrogens with one attached hydrogen (secondary N) is 1. The molecule has 4 aromatic carbocycles. The Morgan fingerprint density at radius 1 is 1.03 bits per heavy atom. The Kier molecular flexibility index (Phi) is 5.57. The average Bonchev–Trinajstić information content (AvgIpc) is 2.77. The molecule has 0 heterocycles. The third-order valence-electron chi connectivity index (χ3n) is 4.87. The first-order chi connectivity index (χ1) is 15.0. The number of nitro benzene ring substituents is 1. The number of nitro groups is 1. The predicted octanol–water partition coefficient (Wildman–Crippen LogP) is 4.74. The Morgan fingerprint density at radius 2 is 1.68 bits per heavy atom. The van der Waals surface area contributed by atoms with Gasteiger partial charge in [0.2, 0.25) is 0 Å². The van der Waals surface area contributed by atoms with Gasteiger partial charge in [0, 0.05) is 11.6 Å². The summed E-state index contributed by atoms with van der Waals surface area (Å²) in [7, 11) is 0. The maximum atomic E-state index is 12.2. The molecular weight excluding hydrogens is 394 g/mol. The van der Waals surface area contributed by atoms with Gasteiger partial charge >= 0.3 is 5.69 Å². The van der Waals surface area contributed by atoms with Crippen molar-refractivity contribution in [3.8, 4) is 5.75 Å². The highest BCUT2D eigenvalue weighted by Crippen LogP contribution is 2.28. The smallest absolute Gasteiger partial charge is 0.311 e. The SMILES string of the molecule is Cc1ccc(OCC(=O)N/N=C\c2c3ccccc3cc3ccccc23)c([N+](=O)[O-])c1. The van der Waals surface area contributed by atoms with Gasteiger partial charge in [-0.3, -0.25) is 14.9 Å². The van der Waals surface area contributed by atoms with Gasteiger partial charge in [-0.1, -0.05) is 54.6 Å². The maximum Gasteiger partial charge on any atom is 0.311 e. The molecule has 0 bridgehead atoms. The van der Waals surface area contributed by atoms with E-state index in [4.69, 9.17) is 4.74 Å². The summed E-state index contributed by atoms with van der Waals surface area (Å²) >= 11 is 0. The monoisotopic (exact) mass is 413 g/mol. The van der Waals surface area contributed by atoms with E-state index < -0.39 is 17.4 Å². The minimum Gasteiger partial charge on any atom is -0.477 e. The number of hydrazone groups is 1. The molecule has 0 radical (unpaired) electrons. The number of amides is 1. The number of hydrogen-bond donors (Lipinski definition) is 1. The molecule has 0 unspecified atom stereocenters. The lowest BCUT2D eigenvalue weighted by Gasteiger charge is -2.08. The van der Waals surface area contributed by atoms with Gasteiger partial charge in [-0.25, -0.2) is 5.43 Å². The summed E-state index contributed by atoms with van der Waals surface area (Å²) in [6, 6.07) is 22.6. The van der Waals surface area contributed by atoms with E-state index in [1.54, 1.807) is 19.2 Å². The number of carbonyl (C=O) groups is 1. The molecule has 4 rings (SSSR count). The Morgan fingerprint density at radius 3 is 2.32 bits per heavy atom. The maximum absolute atomic E-state index is 12.2. The van der Waals surface area contributed by atoms with Crippen molar-refractivity contribution in [3.05, 3.63) is 94.0 Å². The minimum absolute atomic E-state index is 0.0368. The van der Waals surface area contributed by atoms with E-state index in [0.717, 1.165) is 32.7 Å². The zero-order valence-electron chi connectivity index (χ0n) is 16.7. The first-order valence-corrected chi connectivity index (χ1v) is 9.63. The van der Waals surface area contributed by atoms with Crippen LogP contribution >= 0.6 is 0 Å². The highest BCUT2D eigenvalue weighted by atomic mass is 16.6. The third kappa shape index (κ3) is 4.35. The van der Waals surface area contributed by atoms with Crippen LogP contribution in [0, 0.1) is 17.0 Å². The fourth-order valence-corrected chi connectivity index (χ4v) is 3.42. The van der Waals surface area contributed by atoms with Gasteiger partial charge in [0.05, 0.1) is 11.1 Å². The van der Waals surface area contributed by atoms with Crippen LogP contribution in [-0.4, -0.2) is 23.7 Å². The van der Waals surface area contributed by atoms with Crippen LogP contribution in [0.5, 0.6) is 5.75 Å². The summed E-state index contributed by atoms with van der Waals surface area (Å²) in [5.41, 5.74) is 3.87. The Labute approximate surface area is 178 Å². The lowest BCUT2D eigenvalue weighted by Crippen LogP contribution is -2.24. The zero-order chi connectivity index (χ0) is 21.8. The Bertz CT molecular complexity index is 1280. The number of ether oxygens (including phenoxy) is 1. The molecule has 31 heavy (non-hydrogen) atoms. The molecule has 0 aliphatic heterocycles. The first-order valence-electron chi connectivity index (χ1n) is 9.63. The topological polar surface area (TPSA) is 93.8 Å². The molecule has 1 amide bonds. The average molecular weight is 413 g/mol. The second kappa shape index (κ2) is 8.62. The fraction of sp³-hybridized carbons (Fsp3) is 0.0833. The largest absolute Gasteiger partial charge is 0.477 e. The number of hydrogen-bond acceptors (Lipinski definition) is 5. The van der Waals surface area contributed by atoms with Gasteiger partial charge in [-0.2, -0.15) is 5.10 Å². The normalized spacial score (nSPS) is 11.1. The van der Waals surface area contributed by atoms with Gasteiger partial charge in [0.15, 0.2) is 12.4 Å². The minimum atomic E-state index is -0.538. The number of fused-ring (bicyclic) bond motifs is 2. The van der Waals surface area contributed by atoms with Crippen LogP contribution in [-0.2, 0) is 4.79 Å². The molecule has 0 spiro atoms. The van der Waals surface area contributed by atoms with Crippen molar-refractivity contribution in [2.75, 3.05) is 6.61 Å². The summed E-state index contributed by atoms with van der Waals surface area (Å²) in [6.45, 7) is 1.35. The summed E-state index contributed by atoms with van der Waals surface area (Å²) in [6.07, 6.45) is 1.61. The van der Waals surface area contributed by atoms with Crippen molar-refractivity contribution in [2.45, 2.75) is 6.92 Å². The highest BCUT2D eigenvalue weighted by Gasteiger charge is 2.16. The summed E-state index contributed by atoms with van der Waals surface area (Å²) in [5.74, 6) is -0.481. The molecule has 0 aromatic heterocycles. The van der Waals surface area contributed by atoms with Crippen LogP contribution in [0.4, 0.5) is 5.69 Å². The predicted molar refractivity (Wildman–Crippen MR) is 121 cm³/mol. The molecule has 0 aliphatic carbocycles. The van der Waals surface area contributed by atoms with E-state index in [0.29, 0.717) is 0 Å². The van der Waals surface area contributed by atoms with E-state index in [1.807, 2.05) is 48.5 Å². The zero-order valence-corrected chi connectivity index (χ0v) is 16.7. The number of nitrogens with zero attached hydrogens (tertiary/aromatic N) is 2. The van der Waals surface area contributed by atoms with Gasteiger partial charge in [-0.15, -0.1) is 0 Å². The highest BCUT2D eigenvalue weighted by molar-refractivity contribution is 6.13. The van der Waals surface area contributed by atoms with Crippen LogP contribution in [0.25, 0.3) is 21.5 Å². The molecule has 7 nitrogen and oxygen atoms in total. The van der Waals surface area contributed by atoms with Crippen molar-refractivity contribution in [2.24, 2.45) is 5.10 Å². The standard InChI is InChI=1S/C24H19N3O4/c1-16-10-11-23(22(12-16)27(29)30)31-15-24(28)26-25-14-21-19-8-4-2-6-17(19)13-18-7-3-5-9-20(18)21/h2-14H,15H2,1H3,(H,26,28)/b25-14-. The van der Waals surface area contributed by atoms with Gasteiger partial charge in [0.25, 0.3) is 5.91 Å². The lowest BCUT2D eigenvalue weighted by atomic mass is 9.97. The molecule has 0 saturated heterocycles. The second-order valence-corrected chi connectivity index (χ2v) is 7.04. The van der Waals surface area contributed by atoms with Gasteiger partial charge < -0.3 is 4.74 Å². The van der Waals surface area contributed by atoms with E-state index in [1.165, 1.54) is 12.1 Å². The van der Waals surface area contributed by atoms with Crippen LogP contribution in [0.3, 0.4) is 0 Å². The molecule has 4 aromatic rings. The number of aryl methyl sites for hydroxylation is 1. The van der Waals surface area contributed by atoms with Crippen molar-refractivity contribution >= 4 is 39.4 Å². The number of carbonyl (C=O) groups excluding carboxylic acids is 1. The molecular formula is C24H19N3O4. The molecule has 0 atom stereocenters. The van der Waals surface area contributed by atoms with Crippen molar-refractivity contribution in [3.63, 3.8) is 0 Å². The van der Waals surface area contributed by atoms with Gasteiger partial charge in [-0.05, 0) is 46.2 Å². The van der Waals surface area contributed by atoms with E-state index in [-0.39, 0.29) is 11.4 Å². The summed E-state index contributed by atoms with van der Waals surface area (Å²) in [5, 5.41) is 19.4.